The summed E-state index contributed by atoms with van der Waals surface area (Å²) in [4.78, 5) is 29.6. The maximum Gasteiger partial charge on any atom is 0.320 e. The SMILES string of the molecule is CCN(CC(=O)O)C1CC(NC(=O)Nc2sc(-c3ccccc3)nc2C)C1. The Labute approximate surface area is 162 Å². The summed E-state index contributed by atoms with van der Waals surface area (Å²) >= 11 is 1.45. The summed E-state index contributed by atoms with van der Waals surface area (Å²) in [5.41, 5.74) is 1.82. The van der Waals surface area contributed by atoms with Crippen molar-refractivity contribution < 1.29 is 14.7 Å². The first-order valence-electron chi connectivity index (χ1n) is 9.02. The first-order valence-corrected chi connectivity index (χ1v) is 9.84. The lowest BCUT2D eigenvalue weighted by atomic mass is 9.85. The topological polar surface area (TPSA) is 94.6 Å². The van der Waals surface area contributed by atoms with Gasteiger partial charge in [-0.2, -0.15) is 0 Å². The molecule has 1 aromatic heterocycles. The summed E-state index contributed by atoms with van der Waals surface area (Å²) in [5, 5.41) is 16.4. The van der Waals surface area contributed by atoms with Gasteiger partial charge in [-0.05, 0) is 26.3 Å². The molecule has 0 unspecified atom stereocenters. The van der Waals surface area contributed by atoms with Gasteiger partial charge in [0.25, 0.3) is 0 Å². The normalized spacial score (nSPS) is 18.8. The molecule has 1 aromatic carbocycles. The summed E-state index contributed by atoms with van der Waals surface area (Å²) in [6, 6.07) is 9.90. The van der Waals surface area contributed by atoms with Crippen LogP contribution >= 0.6 is 11.3 Å². The molecule has 0 bridgehead atoms. The number of carboxylic acids is 1. The van der Waals surface area contributed by atoms with Crippen LogP contribution in [0.15, 0.2) is 30.3 Å². The fourth-order valence-electron chi connectivity index (χ4n) is 3.22. The number of aromatic nitrogens is 1. The van der Waals surface area contributed by atoms with Gasteiger partial charge in [-0.15, -0.1) is 0 Å². The monoisotopic (exact) mass is 388 g/mol. The average molecular weight is 388 g/mol. The Morgan fingerprint density at radius 1 is 1.30 bits per heavy atom. The van der Waals surface area contributed by atoms with E-state index in [4.69, 9.17) is 5.11 Å². The third kappa shape index (κ3) is 4.84. The number of aryl methyl sites for hydroxylation is 1. The van der Waals surface area contributed by atoms with E-state index in [9.17, 15) is 9.59 Å². The highest BCUT2D eigenvalue weighted by Crippen LogP contribution is 2.32. The van der Waals surface area contributed by atoms with Gasteiger partial charge in [0.2, 0.25) is 0 Å². The second-order valence-electron chi connectivity index (χ2n) is 6.68. The first-order chi connectivity index (χ1) is 13.0. The summed E-state index contributed by atoms with van der Waals surface area (Å²) in [6.45, 7) is 4.57. The fourth-order valence-corrected chi connectivity index (χ4v) is 4.18. The number of nitrogens with one attached hydrogen (secondary N) is 2. The molecule has 1 aliphatic rings. The Morgan fingerprint density at radius 3 is 2.63 bits per heavy atom. The number of nitrogens with zero attached hydrogens (tertiary/aromatic N) is 2. The summed E-state index contributed by atoms with van der Waals surface area (Å²) in [5.74, 6) is -0.819. The molecule has 3 N–H and O–H groups in total. The van der Waals surface area contributed by atoms with E-state index < -0.39 is 5.97 Å². The predicted octanol–water partition coefficient (Wildman–Crippen LogP) is 3.18. The molecule has 0 atom stereocenters. The summed E-state index contributed by atoms with van der Waals surface area (Å²) < 4.78 is 0. The number of urea groups is 1. The van der Waals surface area contributed by atoms with Gasteiger partial charge in [0.15, 0.2) is 0 Å². The highest BCUT2D eigenvalue weighted by molar-refractivity contribution is 7.19. The molecule has 1 saturated carbocycles. The third-order valence-corrected chi connectivity index (χ3v) is 5.88. The Kier molecular flexibility index (Phi) is 6.08. The lowest BCUT2D eigenvalue weighted by Gasteiger charge is -2.42. The van der Waals surface area contributed by atoms with Crippen LogP contribution in [0.3, 0.4) is 0 Å². The minimum atomic E-state index is -0.819. The van der Waals surface area contributed by atoms with Crippen LogP contribution < -0.4 is 10.6 Å². The van der Waals surface area contributed by atoms with E-state index >= 15 is 0 Å². The number of hydrogen-bond donors (Lipinski definition) is 3. The molecule has 3 rings (SSSR count). The number of amides is 2. The van der Waals surface area contributed by atoms with Crippen molar-refractivity contribution in [3.05, 3.63) is 36.0 Å². The zero-order valence-electron chi connectivity index (χ0n) is 15.4. The zero-order chi connectivity index (χ0) is 19.4. The van der Waals surface area contributed by atoms with Crippen LogP contribution in [0.4, 0.5) is 9.80 Å². The largest absolute Gasteiger partial charge is 0.480 e. The number of hydrogen-bond acceptors (Lipinski definition) is 5. The molecule has 144 valence electrons. The van der Waals surface area contributed by atoms with E-state index in [1.165, 1.54) is 11.3 Å². The first kappa shape index (κ1) is 19.3. The van der Waals surface area contributed by atoms with Crippen LogP contribution in [0.25, 0.3) is 10.6 Å². The fraction of sp³-hybridized carbons (Fsp3) is 0.421. The molecule has 1 heterocycles. The van der Waals surface area contributed by atoms with Gasteiger partial charge in [0.1, 0.15) is 10.0 Å². The second-order valence-corrected chi connectivity index (χ2v) is 7.68. The van der Waals surface area contributed by atoms with E-state index in [2.05, 4.69) is 15.6 Å². The van der Waals surface area contributed by atoms with Crippen LogP contribution in [0, 0.1) is 6.92 Å². The van der Waals surface area contributed by atoms with Crippen molar-refractivity contribution in [1.29, 1.82) is 0 Å². The van der Waals surface area contributed by atoms with Crippen molar-refractivity contribution in [3.8, 4) is 10.6 Å². The number of thiazole rings is 1. The Bertz CT molecular complexity index is 803. The lowest BCUT2D eigenvalue weighted by Crippen LogP contribution is -2.55. The quantitative estimate of drug-likeness (QED) is 0.677. The van der Waals surface area contributed by atoms with E-state index in [1.54, 1.807) is 0 Å². The van der Waals surface area contributed by atoms with Crippen LogP contribution in [-0.2, 0) is 4.79 Å². The molecule has 0 radical (unpaired) electrons. The van der Waals surface area contributed by atoms with Gasteiger partial charge in [-0.3, -0.25) is 15.0 Å². The highest BCUT2D eigenvalue weighted by atomic mass is 32.1. The minimum absolute atomic E-state index is 0.0441. The van der Waals surface area contributed by atoms with Gasteiger partial charge >= 0.3 is 12.0 Å². The Morgan fingerprint density at radius 2 is 2.00 bits per heavy atom. The summed E-state index contributed by atoms with van der Waals surface area (Å²) in [6.07, 6.45) is 1.54. The number of benzene rings is 1. The average Bonchev–Trinajstić information content (AvgIpc) is 2.97. The third-order valence-electron chi connectivity index (χ3n) is 4.75. The lowest BCUT2D eigenvalue weighted by molar-refractivity contribution is -0.139. The minimum Gasteiger partial charge on any atom is -0.480 e. The van der Waals surface area contributed by atoms with Gasteiger partial charge in [-0.1, -0.05) is 48.6 Å². The van der Waals surface area contributed by atoms with Crippen molar-refractivity contribution in [1.82, 2.24) is 15.2 Å². The van der Waals surface area contributed by atoms with Crippen molar-refractivity contribution in [2.75, 3.05) is 18.4 Å². The number of likely N-dealkylation sites (N-methyl/N-ethyl adjacent to an activating group) is 1. The number of rotatable bonds is 7. The molecular weight excluding hydrogens is 364 g/mol. The second kappa shape index (κ2) is 8.49. The maximum atomic E-state index is 12.3. The van der Waals surface area contributed by atoms with Gasteiger partial charge in [0.05, 0.1) is 12.2 Å². The van der Waals surface area contributed by atoms with Crippen LogP contribution in [-0.4, -0.2) is 52.2 Å². The van der Waals surface area contributed by atoms with Crippen LogP contribution in [0.2, 0.25) is 0 Å². The standard InChI is InChI=1S/C19H24N4O3S/c1-3-23(11-16(24)25)15-9-14(10-15)21-19(26)22-17-12(2)20-18(27-17)13-7-5-4-6-8-13/h4-8,14-15H,3,9-11H2,1-2H3,(H,24,25)(H2,21,22,26). The van der Waals surface area contributed by atoms with Gasteiger partial charge in [0, 0.05) is 17.6 Å². The van der Waals surface area contributed by atoms with Gasteiger partial charge < -0.3 is 10.4 Å². The molecule has 2 amide bonds. The van der Waals surface area contributed by atoms with Crippen molar-refractivity contribution in [3.63, 3.8) is 0 Å². The molecule has 7 nitrogen and oxygen atoms in total. The molecule has 0 spiro atoms. The van der Waals surface area contributed by atoms with E-state index in [-0.39, 0.29) is 24.7 Å². The van der Waals surface area contributed by atoms with E-state index in [1.807, 2.05) is 49.1 Å². The van der Waals surface area contributed by atoms with Crippen LogP contribution in [0.5, 0.6) is 0 Å². The van der Waals surface area contributed by atoms with Crippen molar-refractivity contribution >= 4 is 28.3 Å². The molecule has 8 heteroatoms. The molecule has 2 aromatic rings. The number of carbonyl (C=O) groups is 2. The number of carbonyl (C=O) groups excluding carboxylic acids is 1. The van der Waals surface area contributed by atoms with Crippen molar-refractivity contribution in [2.24, 2.45) is 0 Å². The number of anilines is 1. The Hall–Kier alpha value is -2.45. The van der Waals surface area contributed by atoms with Crippen LogP contribution in [0.1, 0.15) is 25.5 Å². The number of aliphatic carboxylic acids is 1. The maximum absolute atomic E-state index is 12.3. The molecule has 0 saturated heterocycles. The van der Waals surface area contributed by atoms with Crippen molar-refractivity contribution in [2.45, 2.75) is 38.8 Å². The Balaban J connectivity index is 1.51. The molecule has 1 fully saturated rings. The zero-order valence-corrected chi connectivity index (χ0v) is 16.3. The highest BCUT2D eigenvalue weighted by Gasteiger charge is 2.34. The molecule has 1 aliphatic carbocycles. The number of carboxylic acid groups (broad SMARTS) is 1. The molecule has 0 aliphatic heterocycles. The van der Waals surface area contributed by atoms with E-state index in [0.717, 1.165) is 34.1 Å². The predicted molar refractivity (Wildman–Crippen MR) is 106 cm³/mol. The summed E-state index contributed by atoms with van der Waals surface area (Å²) in [7, 11) is 0. The smallest absolute Gasteiger partial charge is 0.320 e. The van der Waals surface area contributed by atoms with E-state index in [0.29, 0.717) is 6.54 Å². The molecule has 27 heavy (non-hydrogen) atoms. The van der Waals surface area contributed by atoms with Gasteiger partial charge in [-0.25, -0.2) is 9.78 Å². The molecular formula is C19H24N4O3S.